The van der Waals surface area contributed by atoms with Crippen molar-refractivity contribution in [2.45, 2.75) is 20.3 Å². The van der Waals surface area contributed by atoms with Gasteiger partial charge in [-0.2, -0.15) is 5.10 Å². The summed E-state index contributed by atoms with van der Waals surface area (Å²) in [4.78, 5) is 4.58. The molecule has 3 rings (SSSR count). The van der Waals surface area contributed by atoms with Gasteiger partial charge in [-0.3, -0.25) is 0 Å². The predicted molar refractivity (Wildman–Crippen MR) is 76.7 cm³/mol. The molecule has 3 aromatic rings. The van der Waals surface area contributed by atoms with E-state index in [1.54, 1.807) is 0 Å². The van der Waals surface area contributed by atoms with Crippen molar-refractivity contribution in [3.8, 4) is 0 Å². The lowest BCUT2D eigenvalue weighted by Gasteiger charge is -2.04. The average molecular weight is 272 g/mol. The van der Waals surface area contributed by atoms with Gasteiger partial charge in [0.1, 0.15) is 0 Å². The van der Waals surface area contributed by atoms with E-state index in [2.05, 4.69) is 10.1 Å². The van der Waals surface area contributed by atoms with Crippen LogP contribution in [0.15, 0.2) is 36.5 Å². The fourth-order valence-corrected chi connectivity index (χ4v) is 2.49. The molecule has 0 spiro atoms. The molecule has 0 aliphatic carbocycles. The summed E-state index contributed by atoms with van der Waals surface area (Å²) in [5, 5.41) is 5.18. The highest BCUT2D eigenvalue weighted by molar-refractivity contribution is 6.31. The molecular weight excluding hydrogens is 258 g/mol. The van der Waals surface area contributed by atoms with Gasteiger partial charge in [-0.1, -0.05) is 29.8 Å². The van der Waals surface area contributed by atoms with Crippen LogP contribution in [0.1, 0.15) is 22.5 Å². The summed E-state index contributed by atoms with van der Waals surface area (Å²) < 4.78 is 1.87. The summed E-state index contributed by atoms with van der Waals surface area (Å²) in [5.74, 6) is 0. The molecule has 0 N–H and O–H groups in total. The second-order valence-electron chi connectivity index (χ2n) is 4.71. The summed E-state index contributed by atoms with van der Waals surface area (Å²) in [6, 6.07) is 9.91. The van der Waals surface area contributed by atoms with Crippen molar-refractivity contribution in [2.75, 3.05) is 0 Å². The van der Waals surface area contributed by atoms with Gasteiger partial charge in [-0.05, 0) is 31.5 Å². The Kier molecular flexibility index (Phi) is 2.99. The predicted octanol–water partition coefficient (Wildman–Crippen LogP) is 3.59. The minimum atomic E-state index is 0.749. The van der Waals surface area contributed by atoms with E-state index in [0.29, 0.717) is 0 Å². The standard InChI is InChI=1S/C15H14ClN3/c1-10-7-11(2)19-15(18-10)13(9-17-19)8-12-5-3-4-6-14(12)16/h3-7,9H,8H2,1-2H3. The molecule has 19 heavy (non-hydrogen) atoms. The van der Waals surface area contributed by atoms with E-state index in [0.717, 1.165) is 39.6 Å². The first-order valence-corrected chi connectivity index (χ1v) is 6.57. The SMILES string of the molecule is Cc1cc(C)n2ncc(Cc3ccccc3Cl)c2n1. The molecule has 0 atom stereocenters. The van der Waals surface area contributed by atoms with Crippen LogP contribution in [0.25, 0.3) is 5.65 Å². The highest BCUT2D eigenvalue weighted by atomic mass is 35.5. The van der Waals surface area contributed by atoms with Crippen molar-refractivity contribution in [1.82, 2.24) is 14.6 Å². The van der Waals surface area contributed by atoms with E-state index in [-0.39, 0.29) is 0 Å². The van der Waals surface area contributed by atoms with Crippen LogP contribution in [-0.4, -0.2) is 14.6 Å². The Bertz CT molecular complexity index is 746. The molecule has 96 valence electrons. The van der Waals surface area contributed by atoms with Crippen LogP contribution in [0.2, 0.25) is 5.02 Å². The smallest absolute Gasteiger partial charge is 0.158 e. The lowest BCUT2D eigenvalue weighted by Crippen LogP contribution is -1.98. The maximum Gasteiger partial charge on any atom is 0.158 e. The third-order valence-corrected chi connectivity index (χ3v) is 3.56. The lowest BCUT2D eigenvalue weighted by atomic mass is 10.1. The lowest BCUT2D eigenvalue weighted by molar-refractivity contribution is 0.885. The Morgan fingerprint density at radius 2 is 1.95 bits per heavy atom. The molecule has 0 saturated carbocycles. The number of aromatic nitrogens is 3. The van der Waals surface area contributed by atoms with Gasteiger partial charge >= 0.3 is 0 Å². The van der Waals surface area contributed by atoms with Gasteiger partial charge < -0.3 is 0 Å². The number of benzene rings is 1. The normalized spacial score (nSPS) is 11.1. The molecule has 2 aromatic heterocycles. The van der Waals surface area contributed by atoms with Gasteiger partial charge in [0.05, 0.1) is 6.20 Å². The number of fused-ring (bicyclic) bond motifs is 1. The molecule has 0 radical (unpaired) electrons. The van der Waals surface area contributed by atoms with Gasteiger partial charge in [0.2, 0.25) is 0 Å². The van der Waals surface area contributed by atoms with Crippen molar-refractivity contribution in [2.24, 2.45) is 0 Å². The minimum absolute atomic E-state index is 0.749. The molecule has 0 saturated heterocycles. The Labute approximate surface area is 116 Å². The molecule has 3 nitrogen and oxygen atoms in total. The van der Waals surface area contributed by atoms with Crippen LogP contribution < -0.4 is 0 Å². The quantitative estimate of drug-likeness (QED) is 0.713. The number of hydrogen-bond donors (Lipinski definition) is 0. The van der Waals surface area contributed by atoms with Gasteiger partial charge in [0.25, 0.3) is 0 Å². The summed E-state index contributed by atoms with van der Waals surface area (Å²) in [6.07, 6.45) is 2.62. The highest BCUT2D eigenvalue weighted by Crippen LogP contribution is 2.21. The molecule has 4 heteroatoms. The van der Waals surface area contributed by atoms with Crippen LogP contribution in [0.3, 0.4) is 0 Å². The Hall–Kier alpha value is -1.87. The Morgan fingerprint density at radius 1 is 1.16 bits per heavy atom. The maximum absolute atomic E-state index is 6.21. The van der Waals surface area contributed by atoms with E-state index in [1.165, 1.54) is 0 Å². The van der Waals surface area contributed by atoms with E-state index in [4.69, 9.17) is 11.6 Å². The molecule has 0 aliphatic heterocycles. The van der Waals surface area contributed by atoms with Gasteiger partial charge in [0.15, 0.2) is 5.65 Å². The van der Waals surface area contributed by atoms with Crippen molar-refractivity contribution < 1.29 is 0 Å². The topological polar surface area (TPSA) is 30.2 Å². The third-order valence-electron chi connectivity index (χ3n) is 3.19. The maximum atomic E-state index is 6.21. The first kappa shape index (κ1) is 12.2. The fourth-order valence-electron chi connectivity index (χ4n) is 2.29. The number of aryl methyl sites for hydroxylation is 2. The Balaban J connectivity index is 2.09. The number of halogens is 1. The van der Waals surface area contributed by atoms with Crippen molar-refractivity contribution in [3.05, 3.63) is 64.1 Å². The monoisotopic (exact) mass is 271 g/mol. The number of hydrogen-bond acceptors (Lipinski definition) is 2. The van der Waals surface area contributed by atoms with Crippen LogP contribution in [0.5, 0.6) is 0 Å². The summed E-state index contributed by atoms with van der Waals surface area (Å²) >= 11 is 6.21. The molecule has 1 aromatic carbocycles. The minimum Gasteiger partial charge on any atom is -0.234 e. The van der Waals surface area contributed by atoms with Crippen LogP contribution in [-0.2, 0) is 6.42 Å². The molecular formula is C15H14ClN3. The summed E-state index contributed by atoms with van der Waals surface area (Å²) in [5.41, 5.74) is 5.20. The van der Waals surface area contributed by atoms with Crippen LogP contribution in [0.4, 0.5) is 0 Å². The summed E-state index contributed by atoms with van der Waals surface area (Å²) in [6.45, 7) is 4.03. The van der Waals surface area contributed by atoms with Crippen molar-refractivity contribution in [3.63, 3.8) is 0 Å². The molecule has 0 amide bonds. The third kappa shape index (κ3) is 2.22. The first-order valence-electron chi connectivity index (χ1n) is 6.19. The average Bonchev–Trinajstić information content (AvgIpc) is 2.76. The second kappa shape index (κ2) is 4.67. The number of rotatable bonds is 2. The molecule has 0 fully saturated rings. The highest BCUT2D eigenvalue weighted by Gasteiger charge is 2.10. The number of nitrogens with zero attached hydrogens (tertiary/aromatic N) is 3. The van der Waals surface area contributed by atoms with Crippen LogP contribution >= 0.6 is 11.6 Å². The van der Waals surface area contributed by atoms with Gasteiger partial charge in [0, 0.05) is 28.4 Å². The molecule has 0 aliphatic rings. The van der Waals surface area contributed by atoms with E-state index >= 15 is 0 Å². The zero-order chi connectivity index (χ0) is 13.4. The van der Waals surface area contributed by atoms with Gasteiger partial charge in [-0.25, -0.2) is 9.50 Å². The largest absolute Gasteiger partial charge is 0.234 e. The zero-order valence-corrected chi connectivity index (χ0v) is 11.6. The molecule has 2 heterocycles. The van der Waals surface area contributed by atoms with Crippen molar-refractivity contribution >= 4 is 17.2 Å². The Morgan fingerprint density at radius 3 is 2.74 bits per heavy atom. The molecule has 0 bridgehead atoms. The fraction of sp³-hybridized carbons (Fsp3) is 0.200. The van der Waals surface area contributed by atoms with Gasteiger partial charge in [-0.15, -0.1) is 0 Å². The molecule has 0 unspecified atom stereocenters. The zero-order valence-electron chi connectivity index (χ0n) is 10.9. The van der Waals surface area contributed by atoms with E-state index in [9.17, 15) is 0 Å². The van der Waals surface area contributed by atoms with Crippen LogP contribution in [0, 0.1) is 13.8 Å². The summed E-state index contributed by atoms with van der Waals surface area (Å²) in [7, 11) is 0. The first-order chi connectivity index (χ1) is 9.15. The van der Waals surface area contributed by atoms with E-state index in [1.807, 2.05) is 54.9 Å². The second-order valence-corrected chi connectivity index (χ2v) is 5.12. The van der Waals surface area contributed by atoms with E-state index < -0.39 is 0 Å². The van der Waals surface area contributed by atoms with Crippen molar-refractivity contribution in [1.29, 1.82) is 0 Å².